The minimum absolute atomic E-state index is 0.0766. The summed E-state index contributed by atoms with van der Waals surface area (Å²) in [5, 5.41) is 13.8. The first-order valence-corrected chi connectivity index (χ1v) is 9.66. The zero-order valence-corrected chi connectivity index (χ0v) is 16.1. The van der Waals surface area contributed by atoms with Gasteiger partial charge >= 0.3 is 0 Å². The van der Waals surface area contributed by atoms with E-state index in [-0.39, 0.29) is 23.8 Å². The third kappa shape index (κ3) is 4.88. The molecule has 1 atom stereocenters. The number of nitrogens with zero attached hydrogens (tertiary/aromatic N) is 2. The van der Waals surface area contributed by atoms with Gasteiger partial charge in [0.2, 0.25) is 5.91 Å². The normalized spacial score (nSPS) is 12.1. The number of carbonyl (C=O) groups is 1. The Labute approximate surface area is 165 Å². The van der Waals surface area contributed by atoms with Crippen LogP contribution in [0.3, 0.4) is 0 Å². The fourth-order valence-corrected chi connectivity index (χ4v) is 3.53. The van der Waals surface area contributed by atoms with Crippen LogP contribution in [0.5, 0.6) is 0 Å². The van der Waals surface area contributed by atoms with E-state index >= 15 is 0 Å². The van der Waals surface area contributed by atoms with Crippen LogP contribution in [0, 0.1) is 0 Å². The number of carbonyl (C=O) groups excluding carboxylic acids is 1. The van der Waals surface area contributed by atoms with E-state index in [2.05, 4.69) is 10.3 Å². The van der Waals surface area contributed by atoms with E-state index in [1.54, 1.807) is 37.3 Å². The maximum atomic E-state index is 12.8. The van der Waals surface area contributed by atoms with Crippen LogP contribution < -0.4 is 10.9 Å². The first-order chi connectivity index (χ1) is 12.9. The maximum Gasteiger partial charge on any atom is 0.262 e. The summed E-state index contributed by atoms with van der Waals surface area (Å²) in [6.07, 6.45) is -0.730. The molecule has 2 aromatic carbocycles. The number of fused-ring (bicyclic) bond motifs is 1. The number of rotatable bonds is 6. The molecule has 0 aliphatic carbocycles. The summed E-state index contributed by atoms with van der Waals surface area (Å²) >= 11 is 7.14. The van der Waals surface area contributed by atoms with Gasteiger partial charge in [0, 0.05) is 10.7 Å². The Kier molecular flexibility index (Phi) is 6.15. The van der Waals surface area contributed by atoms with Crippen molar-refractivity contribution in [1.29, 1.82) is 0 Å². The van der Waals surface area contributed by atoms with Gasteiger partial charge in [-0.1, -0.05) is 41.6 Å². The standard InChI is InChI=1S/C19H18ClN3O3S/c1-12(24)10-23-18(26)15-8-7-13(20)9-16(15)22-19(23)27-11-17(25)21-14-5-3-2-4-6-14/h2-9,12,24H,10-11H2,1H3,(H,21,25)/t12-/m1/s1. The molecule has 0 bridgehead atoms. The molecular weight excluding hydrogens is 386 g/mol. The molecule has 0 unspecified atom stereocenters. The van der Waals surface area contributed by atoms with Crippen LogP contribution in [0.4, 0.5) is 5.69 Å². The van der Waals surface area contributed by atoms with E-state index in [4.69, 9.17) is 11.6 Å². The maximum absolute atomic E-state index is 12.8. The van der Waals surface area contributed by atoms with Crippen molar-refractivity contribution >= 4 is 45.9 Å². The second kappa shape index (κ2) is 8.56. The van der Waals surface area contributed by atoms with Crippen LogP contribution in [-0.2, 0) is 11.3 Å². The molecule has 0 spiro atoms. The molecule has 1 amide bonds. The molecule has 140 valence electrons. The van der Waals surface area contributed by atoms with E-state index in [9.17, 15) is 14.7 Å². The fourth-order valence-electron chi connectivity index (χ4n) is 2.56. The van der Waals surface area contributed by atoms with Crippen molar-refractivity contribution in [2.45, 2.75) is 24.7 Å². The van der Waals surface area contributed by atoms with Crippen molar-refractivity contribution in [2.75, 3.05) is 11.1 Å². The third-order valence-corrected chi connectivity index (χ3v) is 4.93. The van der Waals surface area contributed by atoms with E-state index < -0.39 is 6.10 Å². The van der Waals surface area contributed by atoms with Gasteiger partial charge in [-0.15, -0.1) is 0 Å². The number of hydrogen-bond donors (Lipinski definition) is 2. The van der Waals surface area contributed by atoms with Gasteiger partial charge in [-0.2, -0.15) is 0 Å². The van der Waals surface area contributed by atoms with Crippen LogP contribution >= 0.6 is 23.4 Å². The van der Waals surface area contributed by atoms with Crippen LogP contribution in [0.1, 0.15) is 6.92 Å². The zero-order valence-electron chi connectivity index (χ0n) is 14.6. The highest BCUT2D eigenvalue weighted by atomic mass is 35.5. The topological polar surface area (TPSA) is 84.2 Å². The van der Waals surface area contributed by atoms with Gasteiger partial charge in [0.05, 0.1) is 29.3 Å². The molecule has 2 N–H and O–H groups in total. The molecule has 0 radical (unpaired) electrons. The Morgan fingerprint density at radius 3 is 2.74 bits per heavy atom. The van der Waals surface area contributed by atoms with Crippen LogP contribution in [0.25, 0.3) is 10.9 Å². The SMILES string of the molecule is C[C@@H](O)Cn1c(SCC(=O)Nc2ccccc2)nc2cc(Cl)ccc2c1=O. The molecule has 1 heterocycles. The van der Waals surface area contributed by atoms with Gasteiger partial charge in [0.1, 0.15) is 0 Å². The number of aliphatic hydroxyl groups is 1. The Hall–Kier alpha value is -2.35. The van der Waals surface area contributed by atoms with Gasteiger partial charge in [-0.25, -0.2) is 4.98 Å². The Bertz CT molecular complexity index is 1020. The summed E-state index contributed by atoms with van der Waals surface area (Å²) < 4.78 is 1.39. The Morgan fingerprint density at radius 2 is 2.04 bits per heavy atom. The van der Waals surface area contributed by atoms with E-state index in [0.29, 0.717) is 26.8 Å². The molecule has 0 aliphatic heterocycles. The smallest absolute Gasteiger partial charge is 0.262 e. The first-order valence-electron chi connectivity index (χ1n) is 8.30. The zero-order chi connectivity index (χ0) is 19.4. The highest BCUT2D eigenvalue weighted by molar-refractivity contribution is 7.99. The fraction of sp³-hybridized carbons (Fsp3) is 0.211. The lowest BCUT2D eigenvalue weighted by atomic mass is 10.2. The second-order valence-corrected chi connectivity index (χ2v) is 7.40. The van der Waals surface area contributed by atoms with E-state index in [1.807, 2.05) is 18.2 Å². The predicted octanol–water partition coefficient (Wildman–Crippen LogP) is 3.16. The number of aromatic nitrogens is 2. The molecule has 27 heavy (non-hydrogen) atoms. The summed E-state index contributed by atoms with van der Waals surface area (Å²) in [4.78, 5) is 29.5. The molecule has 1 aromatic heterocycles. The number of anilines is 1. The number of amides is 1. The molecular formula is C19H18ClN3O3S. The number of para-hydroxylation sites is 1. The number of thioether (sulfide) groups is 1. The Morgan fingerprint density at radius 1 is 1.30 bits per heavy atom. The number of nitrogens with one attached hydrogen (secondary N) is 1. The number of aliphatic hydroxyl groups excluding tert-OH is 1. The van der Waals surface area contributed by atoms with Gasteiger partial charge in [0.25, 0.3) is 5.56 Å². The summed E-state index contributed by atoms with van der Waals surface area (Å²) in [7, 11) is 0. The average molecular weight is 404 g/mol. The average Bonchev–Trinajstić information content (AvgIpc) is 2.63. The quantitative estimate of drug-likeness (QED) is 0.488. The summed E-state index contributed by atoms with van der Waals surface area (Å²) in [6.45, 7) is 1.68. The number of halogens is 1. The largest absolute Gasteiger partial charge is 0.392 e. The second-order valence-electron chi connectivity index (χ2n) is 6.02. The highest BCUT2D eigenvalue weighted by Gasteiger charge is 2.15. The first kappa shape index (κ1) is 19.4. The van der Waals surface area contributed by atoms with Crippen molar-refractivity contribution in [3.8, 4) is 0 Å². The minimum Gasteiger partial charge on any atom is -0.392 e. The number of benzene rings is 2. The van der Waals surface area contributed by atoms with Gasteiger partial charge in [0.15, 0.2) is 5.16 Å². The van der Waals surface area contributed by atoms with Crippen LogP contribution in [-0.4, -0.2) is 32.4 Å². The molecule has 0 saturated heterocycles. The van der Waals surface area contributed by atoms with Gasteiger partial charge < -0.3 is 10.4 Å². The van der Waals surface area contributed by atoms with Crippen LogP contribution in [0.15, 0.2) is 58.5 Å². The predicted molar refractivity (Wildman–Crippen MR) is 108 cm³/mol. The van der Waals surface area contributed by atoms with Crippen molar-refractivity contribution in [3.05, 3.63) is 63.9 Å². The molecule has 0 aliphatic rings. The monoisotopic (exact) mass is 403 g/mol. The Balaban J connectivity index is 1.87. The molecule has 3 aromatic rings. The van der Waals surface area contributed by atoms with Crippen molar-refractivity contribution in [3.63, 3.8) is 0 Å². The lowest BCUT2D eigenvalue weighted by Gasteiger charge is -2.14. The third-order valence-electron chi connectivity index (χ3n) is 3.72. The lowest BCUT2D eigenvalue weighted by molar-refractivity contribution is -0.113. The van der Waals surface area contributed by atoms with Gasteiger partial charge in [-0.05, 0) is 37.3 Å². The van der Waals surface area contributed by atoms with Crippen LogP contribution in [0.2, 0.25) is 5.02 Å². The van der Waals surface area contributed by atoms with Crippen molar-refractivity contribution in [1.82, 2.24) is 9.55 Å². The summed E-state index contributed by atoms with van der Waals surface area (Å²) in [6, 6.07) is 14.0. The summed E-state index contributed by atoms with van der Waals surface area (Å²) in [5.41, 5.74) is 0.881. The molecule has 0 fully saturated rings. The molecule has 3 rings (SSSR count). The van der Waals surface area contributed by atoms with E-state index in [0.717, 1.165) is 11.8 Å². The van der Waals surface area contributed by atoms with Gasteiger partial charge in [-0.3, -0.25) is 14.2 Å². The van der Waals surface area contributed by atoms with Crippen molar-refractivity contribution < 1.29 is 9.90 Å². The summed E-state index contributed by atoms with van der Waals surface area (Å²) in [5.74, 6) is -0.136. The minimum atomic E-state index is -0.730. The molecule has 0 saturated carbocycles. The molecule has 8 heteroatoms. The highest BCUT2D eigenvalue weighted by Crippen LogP contribution is 2.21. The number of hydrogen-bond acceptors (Lipinski definition) is 5. The lowest BCUT2D eigenvalue weighted by Crippen LogP contribution is -2.28. The van der Waals surface area contributed by atoms with Crippen molar-refractivity contribution in [2.24, 2.45) is 0 Å². The van der Waals surface area contributed by atoms with E-state index in [1.165, 1.54) is 4.57 Å². The molecule has 6 nitrogen and oxygen atoms in total.